The third kappa shape index (κ3) is 8.01. The summed E-state index contributed by atoms with van der Waals surface area (Å²) in [5, 5.41) is 6.67. The van der Waals surface area contributed by atoms with Crippen LogP contribution in [0.3, 0.4) is 0 Å². The molecule has 1 aliphatic rings. The first kappa shape index (κ1) is 19.3. The largest absolute Gasteiger partial charge is 0.357 e. The normalized spacial score (nSPS) is 22.8. The van der Waals surface area contributed by atoms with Crippen molar-refractivity contribution in [2.45, 2.75) is 59.4 Å². The fourth-order valence-electron chi connectivity index (χ4n) is 2.69. The molecule has 0 saturated carbocycles. The van der Waals surface area contributed by atoms with Gasteiger partial charge in [0.2, 0.25) is 0 Å². The minimum atomic E-state index is -2.81. The summed E-state index contributed by atoms with van der Waals surface area (Å²) in [6, 6.07) is 0.379. The van der Waals surface area contributed by atoms with Crippen LogP contribution in [0.25, 0.3) is 0 Å². The van der Waals surface area contributed by atoms with E-state index >= 15 is 0 Å². The average molecular weight is 332 g/mol. The van der Waals surface area contributed by atoms with Crippen molar-refractivity contribution >= 4 is 15.8 Å². The molecular formula is C16H33N3O2S. The van der Waals surface area contributed by atoms with Gasteiger partial charge in [-0.1, -0.05) is 26.7 Å². The minimum Gasteiger partial charge on any atom is -0.357 e. The molecule has 2 atom stereocenters. The van der Waals surface area contributed by atoms with E-state index in [0.29, 0.717) is 24.1 Å². The number of aliphatic imine (C=N–C) groups is 1. The van der Waals surface area contributed by atoms with E-state index in [1.54, 1.807) is 0 Å². The lowest BCUT2D eigenvalue weighted by Crippen LogP contribution is -2.42. The van der Waals surface area contributed by atoms with E-state index in [-0.39, 0.29) is 5.92 Å². The van der Waals surface area contributed by atoms with Gasteiger partial charge in [0, 0.05) is 19.1 Å². The summed E-state index contributed by atoms with van der Waals surface area (Å²) in [5.74, 6) is 2.35. The molecule has 2 unspecified atom stereocenters. The van der Waals surface area contributed by atoms with E-state index in [1.165, 1.54) is 12.8 Å². The van der Waals surface area contributed by atoms with Crippen LogP contribution in [-0.4, -0.2) is 45.0 Å². The van der Waals surface area contributed by atoms with Gasteiger partial charge in [0.1, 0.15) is 0 Å². The maximum absolute atomic E-state index is 11.5. The Morgan fingerprint density at radius 1 is 1.27 bits per heavy atom. The van der Waals surface area contributed by atoms with Crippen LogP contribution in [0.1, 0.15) is 53.4 Å². The van der Waals surface area contributed by atoms with Crippen molar-refractivity contribution in [3.63, 3.8) is 0 Å². The zero-order chi connectivity index (χ0) is 16.6. The number of hydrogen-bond donors (Lipinski definition) is 2. The summed E-state index contributed by atoms with van der Waals surface area (Å²) in [6.45, 7) is 10.1. The van der Waals surface area contributed by atoms with Crippen LogP contribution >= 0.6 is 0 Å². The van der Waals surface area contributed by atoms with Crippen LogP contribution in [0.15, 0.2) is 4.99 Å². The second-order valence-corrected chi connectivity index (χ2v) is 9.09. The summed E-state index contributed by atoms with van der Waals surface area (Å²) in [6.07, 6.45) is 4.33. The van der Waals surface area contributed by atoms with E-state index < -0.39 is 9.84 Å². The fraction of sp³-hybridized carbons (Fsp3) is 0.938. The Labute approximate surface area is 136 Å². The zero-order valence-electron chi connectivity index (χ0n) is 14.6. The quantitative estimate of drug-likeness (QED) is 0.528. The lowest BCUT2D eigenvalue weighted by atomic mass is 10.0. The summed E-state index contributed by atoms with van der Waals surface area (Å²) in [7, 11) is -2.81. The van der Waals surface area contributed by atoms with Crippen LogP contribution in [0.4, 0.5) is 0 Å². The number of guanidine groups is 1. The van der Waals surface area contributed by atoms with Gasteiger partial charge in [0.05, 0.1) is 11.5 Å². The lowest BCUT2D eigenvalue weighted by Gasteiger charge is -2.18. The van der Waals surface area contributed by atoms with Gasteiger partial charge in [-0.3, -0.25) is 4.99 Å². The van der Waals surface area contributed by atoms with Crippen molar-refractivity contribution in [1.29, 1.82) is 0 Å². The van der Waals surface area contributed by atoms with Gasteiger partial charge in [0.25, 0.3) is 0 Å². The Bertz CT molecular complexity index is 446. The third-order valence-corrected chi connectivity index (χ3v) is 5.82. The van der Waals surface area contributed by atoms with Crippen molar-refractivity contribution in [2.24, 2.45) is 16.8 Å². The van der Waals surface area contributed by atoms with E-state index in [2.05, 4.69) is 36.4 Å². The number of rotatable bonds is 8. The highest BCUT2D eigenvalue weighted by Crippen LogP contribution is 2.18. The molecule has 1 fully saturated rings. The van der Waals surface area contributed by atoms with E-state index in [9.17, 15) is 8.42 Å². The van der Waals surface area contributed by atoms with Crippen molar-refractivity contribution in [2.75, 3.05) is 24.6 Å². The van der Waals surface area contributed by atoms with Gasteiger partial charge in [-0.2, -0.15) is 0 Å². The molecule has 0 radical (unpaired) electrons. The Hall–Kier alpha value is -0.780. The maximum atomic E-state index is 11.5. The predicted octanol–water partition coefficient (Wildman–Crippen LogP) is 2.19. The molecule has 0 aromatic heterocycles. The molecule has 22 heavy (non-hydrogen) atoms. The van der Waals surface area contributed by atoms with Gasteiger partial charge < -0.3 is 10.6 Å². The van der Waals surface area contributed by atoms with Crippen molar-refractivity contribution < 1.29 is 8.42 Å². The van der Waals surface area contributed by atoms with Gasteiger partial charge in [-0.05, 0) is 38.5 Å². The zero-order valence-corrected chi connectivity index (χ0v) is 15.4. The predicted molar refractivity (Wildman–Crippen MR) is 94.0 cm³/mol. The molecule has 1 heterocycles. The van der Waals surface area contributed by atoms with Crippen LogP contribution in [0.2, 0.25) is 0 Å². The molecule has 0 spiro atoms. The average Bonchev–Trinajstić information content (AvgIpc) is 2.75. The molecule has 5 nitrogen and oxygen atoms in total. The van der Waals surface area contributed by atoms with Gasteiger partial charge in [-0.15, -0.1) is 0 Å². The van der Waals surface area contributed by atoms with Crippen LogP contribution in [-0.2, 0) is 9.84 Å². The highest BCUT2D eigenvalue weighted by molar-refractivity contribution is 7.91. The molecule has 1 saturated heterocycles. The molecule has 0 aromatic rings. The van der Waals surface area contributed by atoms with E-state index in [4.69, 9.17) is 0 Å². The van der Waals surface area contributed by atoms with Crippen molar-refractivity contribution in [1.82, 2.24) is 10.6 Å². The van der Waals surface area contributed by atoms with Crippen molar-refractivity contribution in [3.05, 3.63) is 0 Å². The smallest absolute Gasteiger partial charge is 0.191 e. The molecule has 1 aliphatic heterocycles. The number of nitrogens with zero attached hydrogens (tertiary/aromatic N) is 1. The number of nitrogens with one attached hydrogen (secondary N) is 2. The van der Waals surface area contributed by atoms with Gasteiger partial charge in [-0.25, -0.2) is 8.42 Å². The number of sulfone groups is 1. The highest BCUT2D eigenvalue weighted by Gasteiger charge is 2.27. The molecule has 0 bridgehead atoms. The molecule has 2 N–H and O–H groups in total. The molecule has 0 aromatic carbocycles. The Balaban J connectivity index is 2.41. The van der Waals surface area contributed by atoms with E-state index in [1.807, 2.05) is 6.92 Å². The first-order valence-corrected chi connectivity index (χ1v) is 10.4. The SMILES string of the molecule is CCNC(=NCC1CCS(=O)(=O)C1)NC(C)CCCC(C)C. The van der Waals surface area contributed by atoms with Gasteiger partial charge in [0.15, 0.2) is 15.8 Å². The van der Waals surface area contributed by atoms with Crippen LogP contribution in [0.5, 0.6) is 0 Å². The summed E-state index contributed by atoms with van der Waals surface area (Å²) < 4.78 is 23.0. The molecule has 0 amide bonds. The summed E-state index contributed by atoms with van der Waals surface area (Å²) in [5.41, 5.74) is 0. The molecule has 1 rings (SSSR count). The topological polar surface area (TPSA) is 70.6 Å². The molecular weight excluding hydrogens is 298 g/mol. The number of hydrogen-bond acceptors (Lipinski definition) is 3. The monoisotopic (exact) mass is 331 g/mol. The van der Waals surface area contributed by atoms with Crippen LogP contribution < -0.4 is 10.6 Å². The fourth-order valence-corrected chi connectivity index (χ4v) is 4.54. The van der Waals surface area contributed by atoms with Gasteiger partial charge >= 0.3 is 0 Å². The second-order valence-electron chi connectivity index (χ2n) is 6.86. The van der Waals surface area contributed by atoms with E-state index in [0.717, 1.165) is 31.3 Å². The van der Waals surface area contributed by atoms with Crippen LogP contribution in [0, 0.1) is 11.8 Å². The minimum absolute atomic E-state index is 0.178. The molecule has 0 aliphatic carbocycles. The standard InChI is InChI=1S/C16H33N3O2S/c1-5-17-16(19-14(4)8-6-7-13(2)3)18-11-15-9-10-22(20,21)12-15/h13-15H,5-12H2,1-4H3,(H2,17,18,19). The molecule has 130 valence electrons. The first-order chi connectivity index (χ1) is 10.3. The summed E-state index contributed by atoms with van der Waals surface area (Å²) in [4.78, 5) is 4.57. The second kappa shape index (κ2) is 9.38. The third-order valence-electron chi connectivity index (χ3n) is 3.98. The Morgan fingerprint density at radius 3 is 2.55 bits per heavy atom. The first-order valence-electron chi connectivity index (χ1n) is 8.57. The Morgan fingerprint density at radius 2 is 2.00 bits per heavy atom. The summed E-state index contributed by atoms with van der Waals surface area (Å²) >= 11 is 0. The Kier molecular flexibility index (Phi) is 8.21. The lowest BCUT2D eigenvalue weighted by molar-refractivity contribution is 0.490. The molecule has 6 heteroatoms. The van der Waals surface area contributed by atoms with Crippen molar-refractivity contribution in [3.8, 4) is 0 Å². The highest BCUT2D eigenvalue weighted by atomic mass is 32.2. The maximum Gasteiger partial charge on any atom is 0.191 e.